The molecule has 28 heavy (non-hydrogen) atoms. The van der Waals surface area contributed by atoms with Crippen LogP contribution in [0.1, 0.15) is 31.2 Å². The van der Waals surface area contributed by atoms with Gasteiger partial charge >= 0.3 is 6.09 Å². The second-order valence-electron chi connectivity index (χ2n) is 9.02. The quantitative estimate of drug-likeness (QED) is 0.808. The van der Waals surface area contributed by atoms with Gasteiger partial charge in [-0.2, -0.15) is 0 Å². The van der Waals surface area contributed by atoms with Crippen LogP contribution in [0, 0.1) is 23.7 Å². The number of nitrogens with one attached hydrogen (secondary N) is 1. The second kappa shape index (κ2) is 6.72. The molecule has 7 heteroatoms. The van der Waals surface area contributed by atoms with Gasteiger partial charge in [0.1, 0.15) is 0 Å². The highest BCUT2D eigenvalue weighted by Crippen LogP contribution is 2.53. The van der Waals surface area contributed by atoms with Gasteiger partial charge in [-0.05, 0) is 55.1 Å². The predicted octanol–water partition coefficient (Wildman–Crippen LogP) is 1.79. The van der Waals surface area contributed by atoms with Crippen molar-refractivity contribution in [2.75, 3.05) is 32.8 Å². The molecule has 0 radical (unpaired) electrons. The van der Waals surface area contributed by atoms with E-state index in [1.165, 1.54) is 0 Å². The molecule has 2 amide bonds. The van der Waals surface area contributed by atoms with E-state index in [2.05, 4.69) is 10.3 Å². The van der Waals surface area contributed by atoms with E-state index in [-0.39, 0.29) is 17.9 Å². The average molecular weight is 385 g/mol. The number of rotatable bonds is 6. The highest BCUT2D eigenvalue weighted by atomic mass is 16.6. The maximum absolute atomic E-state index is 12.3. The van der Waals surface area contributed by atoms with Crippen LogP contribution in [0.2, 0.25) is 0 Å². The van der Waals surface area contributed by atoms with Crippen LogP contribution in [-0.2, 0) is 14.3 Å². The minimum Gasteiger partial charge on any atom is -0.438 e. The largest absolute Gasteiger partial charge is 0.438 e. The molecule has 5 atom stereocenters. The van der Waals surface area contributed by atoms with Gasteiger partial charge < -0.3 is 19.7 Å². The normalized spacial score (nSPS) is 34.2. The molecule has 1 unspecified atom stereocenters. The van der Waals surface area contributed by atoms with E-state index in [1.54, 1.807) is 6.20 Å². The molecule has 5 rings (SSSR count). The van der Waals surface area contributed by atoms with Crippen LogP contribution in [-0.4, -0.2) is 60.3 Å². The Balaban J connectivity index is 0.999. The summed E-state index contributed by atoms with van der Waals surface area (Å²) in [7, 11) is 0. The lowest BCUT2D eigenvalue weighted by Crippen LogP contribution is -2.52. The fourth-order valence-electron chi connectivity index (χ4n) is 4.89. The van der Waals surface area contributed by atoms with Crippen molar-refractivity contribution in [3.8, 4) is 0 Å². The van der Waals surface area contributed by atoms with Crippen LogP contribution in [0.4, 0.5) is 4.79 Å². The Morgan fingerprint density at radius 1 is 1.36 bits per heavy atom. The second-order valence-corrected chi connectivity index (χ2v) is 9.02. The molecule has 0 aromatic carbocycles. The zero-order chi connectivity index (χ0) is 19.3. The average Bonchev–Trinajstić information content (AvgIpc) is 3.56. The number of carbonyl (C=O) groups excluding carboxylic acids is 2. The van der Waals surface area contributed by atoms with Crippen molar-refractivity contribution < 1.29 is 19.1 Å². The molecular formula is C21H27N3O4. The summed E-state index contributed by atoms with van der Waals surface area (Å²) < 4.78 is 10.7. The first-order chi connectivity index (χ1) is 13.5. The smallest absolute Gasteiger partial charge is 0.410 e. The van der Waals surface area contributed by atoms with Gasteiger partial charge in [-0.15, -0.1) is 0 Å². The van der Waals surface area contributed by atoms with Gasteiger partial charge in [0.05, 0.1) is 13.2 Å². The summed E-state index contributed by atoms with van der Waals surface area (Å²) in [6.07, 6.45) is 5.34. The number of piperidine rings is 1. The molecule has 3 heterocycles. The fraction of sp³-hybridized carbons (Fsp3) is 0.667. The summed E-state index contributed by atoms with van der Waals surface area (Å²) in [5.41, 5.74) is 0.720. The van der Waals surface area contributed by atoms with E-state index in [0.717, 1.165) is 38.0 Å². The standard InChI is InChI=1S/C21H27N3O4/c1-21(11-27-12-21)28-20(26)24-9-17-14(18(17)10-24)4-6-23-19(25)16-7-15(16)13-3-2-5-22-8-13/h2-3,5,8,14-18H,4,6-7,9-12H2,1H3,(H,23,25)/t14-,15-,16?,17-,18+/m1/s1. The van der Waals surface area contributed by atoms with Gasteiger partial charge in [0.2, 0.25) is 5.91 Å². The Morgan fingerprint density at radius 2 is 2.14 bits per heavy atom. The minimum absolute atomic E-state index is 0.102. The van der Waals surface area contributed by atoms with Crippen molar-refractivity contribution in [2.45, 2.75) is 31.3 Å². The fourth-order valence-corrected chi connectivity index (χ4v) is 4.89. The third-order valence-electron chi connectivity index (χ3n) is 6.79. The molecule has 2 aliphatic heterocycles. The number of carbonyl (C=O) groups is 2. The first-order valence-electron chi connectivity index (χ1n) is 10.3. The molecule has 1 N–H and O–H groups in total. The summed E-state index contributed by atoms with van der Waals surface area (Å²) in [6, 6.07) is 3.97. The van der Waals surface area contributed by atoms with Gasteiger partial charge in [0.15, 0.2) is 5.60 Å². The van der Waals surface area contributed by atoms with Crippen LogP contribution < -0.4 is 5.32 Å². The van der Waals surface area contributed by atoms with Crippen LogP contribution >= 0.6 is 0 Å². The summed E-state index contributed by atoms with van der Waals surface area (Å²) in [5.74, 6) is 2.36. The van der Waals surface area contributed by atoms with Gasteiger partial charge in [-0.1, -0.05) is 6.07 Å². The maximum Gasteiger partial charge on any atom is 0.410 e. The third kappa shape index (κ3) is 3.36. The first kappa shape index (κ1) is 17.9. The van der Waals surface area contributed by atoms with Crippen molar-refractivity contribution in [1.29, 1.82) is 0 Å². The summed E-state index contributed by atoms with van der Waals surface area (Å²) in [6.45, 7) is 5.19. The lowest BCUT2D eigenvalue weighted by molar-refractivity contribution is -0.171. The van der Waals surface area contributed by atoms with E-state index >= 15 is 0 Å². The first-order valence-corrected chi connectivity index (χ1v) is 10.3. The molecule has 2 saturated carbocycles. The van der Waals surface area contributed by atoms with Gasteiger partial charge in [0.25, 0.3) is 0 Å². The van der Waals surface area contributed by atoms with E-state index in [1.807, 2.05) is 30.2 Å². The van der Waals surface area contributed by atoms with Crippen molar-refractivity contribution in [3.63, 3.8) is 0 Å². The van der Waals surface area contributed by atoms with E-state index in [0.29, 0.717) is 36.9 Å². The SMILES string of the molecule is CC1(OC(=O)N2C[C@@H]3[C@@H](CCNC(=O)C4C[C@@H]4c4cccnc4)[C@@H]3C2)COC1. The van der Waals surface area contributed by atoms with Crippen LogP contribution in [0.3, 0.4) is 0 Å². The van der Waals surface area contributed by atoms with Crippen LogP contribution in [0.15, 0.2) is 24.5 Å². The molecule has 150 valence electrons. The minimum atomic E-state index is -0.440. The number of aromatic nitrogens is 1. The predicted molar refractivity (Wildman–Crippen MR) is 100 cm³/mol. The zero-order valence-electron chi connectivity index (χ0n) is 16.2. The molecule has 2 aliphatic carbocycles. The number of likely N-dealkylation sites (tertiary alicyclic amines) is 1. The molecule has 7 nitrogen and oxygen atoms in total. The Kier molecular flexibility index (Phi) is 4.30. The molecule has 4 fully saturated rings. The Labute approximate surface area is 164 Å². The van der Waals surface area contributed by atoms with E-state index < -0.39 is 5.60 Å². The number of hydrogen-bond acceptors (Lipinski definition) is 5. The number of amides is 2. The molecule has 0 spiro atoms. The van der Waals surface area contributed by atoms with Crippen molar-refractivity contribution in [1.82, 2.24) is 15.2 Å². The Hall–Kier alpha value is -2.15. The van der Waals surface area contributed by atoms with Crippen molar-refractivity contribution in [3.05, 3.63) is 30.1 Å². The van der Waals surface area contributed by atoms with Crippen LogP contribution in [0.5, 0.6) is 0 Å². The lowest BCUT2D eigenvalue weighted by Gasteiger charge is -2.38. The highest BCUT2D eigenvalue weighted by Gasteiger charge is 2.56. The lowest BCUT2D eigenvalue weighted by atomic mass is 10.1. The van der Waals surface area contributed by atoms with E-state index in [4.69, 9.17) is 9.47 Å². The molecular weight excluding hydrogens is 358 g/mol. The monoisotopic (exact) mass is 385 g/mol. The summed E-state index contributed by atoms with van der Waals surface area (Å²) in [5, 5.41) is 3.11. The molecule has 1 aromatic heterocycles. The number of hydrogen-bond donors (Lipinski definition) is 1. The van der Waals surface area contributed by atoms with E-state index in [9.17, 15) is 9.59 Å². The molecule has 0 bridgehead atoms. The van der Waals surface area contributed by atoms with Gasteiger partial charge in [0, 0.05) is 37.9 Å². The molecule has 2 saturated heterocycles. The zero-order valence-corrected chi connectivity index (χ0v) is 16.2. The van der Waals surface area contributed by atoms with Crippen molar-refractivity contribution >= 4 is 12.0 Å². The van der Waals surface area contributed by atoms with Gasteiger partial charge in [-0.3, -0.25) is 9.78 Å². The summed E-state index contributed by atoms with van der Waals surface area (Å²) in [4.78, 5) is 30.5. The van der Waals surface area contributed by atoms with Crippen LogP contribution in [0.25, 0.3) is 0 Å². The molecule has 1 aromatic rings. The Morgan fingerprint density at radius 3 is 2.79 bits per heavy atom. The molecule has 4 aliphatic rings. The topological polar surface area (TPSA) is 80.8 Å². The number of fused-ring (bicyclic) bond motifs is 1. The highest BCUT2D eigenvalue weighted by molar-refractivity contribution is 5.82. The maximum atomic E-state index is 12.3. The third-order valence-corrected chi connectivity index (χ3v) is 6.79. The van der Waals surface area contributed by atoms with Gasteiger partial charge in [-0.25, -0.2) is 4.79 Å². The Bertz CT molecular complexity index is 754. The number of nitrogens with zero attached hydrogens (tertiary/aromatic N) is 2. The summed E-state index contributed by atoms with van der Waals surface area (Å²) >= 11 is 0. The number of pyridine rings is 1. The number of ether oxygens (including phenoxy) is 2. The van der Waals surface area contributed by atoms with Crippen molar-refractivity contribution in [2.24, 2.45) is 23.7 Å².